The van der Waals surface area contributed by atoms with Gasteiger partial charge in [0.15, 0.2) is 0 Å². The first-order chi connectivity index (χ1) is 14.1. The summed E-state index contributed by atoms with van der Waals surface area (Å²) in [4.78, 5) is 23.6. The second-order valence-electron chi connectivity index (χ2n) is 8.11. The van der Waals surface area contributed by atoms with Crippen molar-refractivity contribution in [1.29, 1.82) is 0 Å². The lowest BCUT2D eigenvalue weighted by Gasteiger charge is -2.38. The van der Waals surface area contributed by atoms with Gasteiger partial charge >= 0.3 is 11.9 Å². The second-order valence-corrected chi connectivity index (χ2v) is 8.11. The van der Waals surface area contributed by atoms with Gasteiger partial charge in [0.25, 0.3) is 0 Å². The molecule has 1 aliphatic carbocycles. The number of aryl methyl sites for hydroxylation is 1. The van der Waals surface area contributed by atoms with Crippen molar-refractivity contribution in [3.8, 4) is 0 Å². The molecular weight excluding hydrogens is 382 g/mol. The van der Waals surface area contributed by atoms with Crippen LogP contribution in [0.15, 0.2) is 49.1 Å². The number of aliphatic carboxylic acids is 2. The summed E-state index contributed by atoms with van der Waals surface area (Å²) in [6.07, 6.45) is 8.43. The van der Waals surface area contributed by atoms with Gasteiger partial charge in [0, 0.05) is 0 Å². The molecule has 5 N–H and O–H groups in total. The Morgan fingerprint density at radius 1 is 1.30 bits per heavy atom. The normalized spacial score (nSPS) is 23.7. The van der Waals surface area contributed by atoms with Crippen molar-refractivity contribution in [2.45, 2.75) is 63.9 Å². The SMILES string of the molecule is C=CC(O)CCC.CC1(C(=O)O)CC=CC(C(=O)O)(c2cccc(CCCN)c2)C1. The van der Waals surface area contributed by atoms with Crippen LogP contribution in [0.1, 0.15) is 57.1 Å². The van der Waals surface area contributed by atoms with Crippen LogP contribution in [-0.2, 0) is 21.4 Å². The number of aliphatic hydroxyl groups excluding tert-OH is 1. The summed E-state index contributed by atoms with van der Waals surface area (Å²) >= 11 is 0. The largest absolute Gasteiger partial charge is 0.481 e. The van der Waals surface area contributed by atoms with E-state index in [9.17, 15) is 19.8 Å². The predicted molar refractivity (Wildman–Crippen MR) is 118 cm³/mol. The molecule has 6 heteroatoms. The van der Waals surface area contributed by atoms with E-state index >= 15 is 0 Å². The van der Waals surface area contributed by atoms with Gasteiger partial charge in [0.2, 0.25) is 0 Å². The van der Waals surface area contributed by atoms with Crippen LogP contribution in [0.4, 0.5) is 0 Å². The van der Waals surface area contributed by atoms with Gasteiger partial charge in [0.1, 0.15) is 5.41 Å². The van der Waals surface area contributed by atoms with Crippen LogP contribution < -0.4 is 5.73 Å². The number of hydrogen-bond donors (Lipinski definition) is 4. The van der Waals surface area contributed by atoms with Crippen LogP contribution in [0.25, 0.3) is 0 Å². The zero-order chi connectivity index (χ0) is 22.8. The average Bonchev–Trinajstić information content (AvgIpc) is 2.72. The highest BCUT2D eigenvalue weighted by molar-refractivity contribution is 5.87. The number of carboxylic acid groups (broad SMARTS) is 2. The minimum absolute atomic E-state index is 0.0432. The topological polar surface area (TPSA) is 121 Å². The molecule has 1 aromatic rings. The van der Waals surface area contributed by atoms with Crippen molar-refractivity contribution >= 4 is 11.9 Å². The van der Waals surface area contributed by atoms with E-state index in [0.717, 1.165) is 31.2 Å². The standard InChI is InChI=1S/C18H23NO4.C6H12O/c1-17(15(20)21)8-4-9-18(12-17,16(22)23)14-7-2-5-13(11-14)6-3-10-19;1-3-5-6(7)4-2/h2,4-5,7,9,11H,3,6,8,10,12,19H2,1H3,(H,20,21)(H,22,23);4,6-7H,2-3,5H2,1H3. The molecule has 0 saturated carbocycles. The molecule has 166 valence electrons. The number of allylic oxidation sites excluding steroid dienone is 1. The Morgan fingerprint density at radius 3 is 2.50 bits per heavy atom. The van der Waals surface area contributed by atoms with Gasteiger partial charge in [-0.25, -0.2) is 0 Å². The third-order valence-electron chi connectivity index (χ3n) is 5.51. The van der Waals surface area contributed by atoms with Crippen molar-refractivity contribution in [3.05, 3.63) is 60.2 Å². The lowest BCUT2D eigenvalue weighted by Crippen LogP contribution is -2.44. The van der Waals surface area contributed by atoms with E-state index in [1.54, 1.807) is 31.2 Å². The summed E-state index contributed by atoms with van der Waals surface area (Å²) in [6, 6.07) is 7.39. The Balaban J connectivity index is 0.000000553. The number of hydrogen-bond acceptors (Lipinski definition) is 4. The monoisotopic (exact) mass is 417 g/mol. The maximum absolute atomic E-state index is 12.0. The number of aliphatic hydroxyl groups is 1. The molecule has 6 nitrogen and oxygen atoms in total. The quantitative estimate of drug-likeness (QED) is 0.455. The fourth-order valence-corrected chi connectivity index (χ4v) is 3.62. The van der Waals surface area contributed by atoms with E-state index in [1.165, 1.54) is 0 Å². The van der Waals surface area contributed by atoms with Gasteiger partial charge in [-0.15, -0.1) is 6.58 Å². The minimum atomic E-state index is -1.30. The molecule has 0 radical (unpaired) electrons. The molecule has 0 bridgehead atoms. The summed E-state index contributed by atoms with van der Waals surface area (Å²) in [7, 11) is 0. The highest BCUT2D eigenvalue weighted by Gasteiger charge is 2.49. The van der Waals surface area contributed by atoms with E-state index in [2.05, 4.69) is 6.58 Å². The highest BCUT2D eigenvalue weighted by atomic mass is 16.4. The van der Waals surface area contributed by atoms with Crippen molar-refractivity contribution in [1.82, 2.24) is 0 Å². The second kappa shape index (κ2) is 11.7. The third kappa shape index (κ3) is 6.54. The molecule has 0 spiro atoms. The molecule has 1 aromatic carbocycles. The van der Waals surface area contributed by atoms with Crippen LogP contribution in [-0.4, -0.2) is 39.9 Å². The van der Waals surface area contributed by atoms with Gasteiger partial charge in [-0.05, 0) is 56.7 Å². The summed E-state index contributed by atoms with van der Waals surface area (Å²) < 4.78 is 0. The molecule has 3 unspecified atom stereocenters. The third-order valence-corrected chi connectivity index (χ3v) is 5.51. The Hall–Kier alpha value is -2.44. The Kier molecular flexibility index (Phi) is 9.96. The highest BCUT2D eigenvalue weighted by Crippen LogP contribution is 2.45. The lowest BCUT2D eigenvalue weighted by molar-refractivity contribution is -0.152. The predicted octanol–water partition coefficient (Wildman–Crippen LogP) is 3.67. The fourth-order valence-electron chi connectivity index (χ4n) is 3.62. The van der Waals surface area contributed by atoms with E-state index < -0.39 is 22.8 Å². The number of carboxylic acids is 2. The summed E-state index contributed by atoms with van der Waals surface area (Å²) in [5.74, 6) is -1.98. The van der Waals surface area contributed by atoms with Crippen LogP contribution in [0.2, 0.25) is 0 Å². The Morgan fingerprint density at radius 2 is 2.00 bits per heavy atom. The van der Waals surface area contributed by atoms with Gasteiger partial charge in [-0.3, -0.25) is 9.59 Å². The molecule has 1 aliphatic rings. The minimum Gasteiger partial charge on any atom is -0.481 e. The molecule has 2 rings (SSSR count). The maximum Gasteiger partial charge on any atom is 0.318 e. The van der Waals surface area contributed by atoms with Crippen LogP contribution in [0, 0.1) is 5.41 Å². The summed E-state index contributed by atoms with van der Waals surface area (Å²) in [5, 5.41) is 28.1. The molecule has 0 heterocycles. The Bertz CT molecular complexity index is 760. The van der Waals surface area contributed by atoms with Crippen molar-refractivity contribution in [2.75, 3.05) is 6.54 Å². The first kappa shape index (κ1) is 25.6. The molecule has 0 aliphatic heterocycles. The summed E-state index contributed by atoms with van der Waals surface area (Å²) in [6.45, 7) is 7.64. The zero-order valence-corrected chi connectivity index (χ0v) is 18.0. The molecule has 0 amide bonds. The Labute approximate surface area is 179 Å². The van der Waals surface area contributed by atoms with E-state index in [0.29, 0.717) is 18.5 Å². The lowest BCUT2D eigenvalue weighted by atomic mass is 9.63. The molecule has 3 atom stereocenters. The van der Waals surface area contributed by atoms with Gasteiger partial charge in [0.05, 0.1) is 11.5 Å². The van der Waals surface area contributed by atoms with Gasteiger partial charge < -0.3 is 21.1 Å². The smallest absolute Gasteiger partial charge is 0.318 e. The number of benzene rings is 1. The van der Waals surface area contributed by atoms with Gasteiger partial charge in [-0.1, -0.05) is 55.8 Å². The first-order valence-corrected chi connectivity index (χ1v) is 10.4. The molecular formula is C24H35NO5. The van der Waals surface area contributed by atoms with Gasteiger partial charge in [-0.2, -0.15) is 0 Å². The fraction of sp³-hybridized carbons (Fsp3) is 0.500. The molecule has 0 saturated heterocycles. The first-order valence-electron chi connectivity index (χ1n) is 10.4. The molecule has 0 aromatic heterocycles. The molecule has 0 fully saturated rings. The van der Waals surface area contributed by atoms with E-state index in [1.807, 2.05) is 25.1 Å². The van der Waals surface area contributed by atoms with E-state index in [4.69, 9.17) is 10.8 Å². The van der Waals surface area contributed by atoms with Crippen molar-refractivity contribution in [3.63, 3.8) is 0 Å². The van der Waals surface area contributed by atoms with Crippen molar-refractivity contribution < 1.29 is 24.9 Å². The molecule has 30 heavy (non-hydrogen) atoms. The van der Waals surface area contributed by atoms with Crippen LogP contribution in [0.3, 0.4) is 0 Å². The number of carbonyl (C=O) groups is 2. The summed E-state index contributed by atoms with van der Waals surface area (Å²) in [5.41, 5.74) is 4.79. The van der Waals surface area contributed by atoms with E-state index in [-0.39, 0.29) is 12.5 Å². The number of rotatable bonds is 9. The van der Waals surface area contributed by atoms with Crippen LogP contribution in [0.5, 0.6) is 0 Å². The zero-order valence-electron chi connectivity index (χ0n) is 18.0. The average molecular weight is 418 g/mol. The maximum atomic E-state index is 12.0. The van der Waals surface area contributed by atoms with Crippen molar-refractivity contribution in [2.24, 2.45) is 11.1 Å². The number of nitrogens with two attached hydrogens (primary N) is 1. The van der Waals surface area contributed by atoms with Crippen LogP contribution >= 0.6 is 0 Å².